The Kier molecular flexibility index (Phi) is 4.42. The van der Waals surface area contributed by atoms with Crippen LogP contribution in [0, 0.1) is 5.92 Å². The minimum Gasteiger partial charge on any atom is -0.353 e. The lowest BCUT2D eigenvalue weighted by molar-refractivity contribution is 0.677. The van der Waals surface area contributed by atoms with Crippen molar-refractivity contribution in [2.24, 2.45) is 10.9 Å². The van der Waals surface area contributed by atoms with Crippen LogP contribution in [0.25, 0.3) is 0 Å². The zero-order valence-electron chi connectivity index (χ0n) is 13.2. The molecule has 0 amide bonds. The Balaban J connectivity index is 1.62. The van der Waals surface area contributed by atoms with Gasteiger partial charge in [-0.15, -0.1) is 0 Å². The summed E-state index contributed by atoms with van der Waals surface area (Å²) in [6, 6.07) is 11.0. The van der Waals surface area contributed by atoms with Crippen molar-refractivity contribution >= 4 is 5.96 Å². The molecule has 0 bridgehead atoms. The van der Waals surface area contributed by atoms with Gasteiger partial charge in [0.25, 0.3) is 0 Å². The summed E-state index contributed by atoms with van der Waals surface area (Å²) >= 11 is 0. The summed E-state index contributed by atoms with van der Waals surface area (Å²) in [7, 11) is 1.82. The van der Waals surface area contributed by atoms with Crippen molar-refractivity contribution in [3.63, 3.8) is 0 Å². The maximum atomic E-state index is 4.30. The Morgan fingerprint density at radius 3 is 2.73 bits per heavy atom. The molecular formula is C17H23N5. The Hall–Kier alpha value is -2.30. The molecule has 2 atom stereocenters. The summed E-state index contributed by atoms with van der Waals surface area (Å²) in [6.45, 7) is 3.80. The largest absolute Gasteiger partial charge is 0.353 e. The quantitative estimate of drug-likeness (QED) is 0.655. The van der Waals surface area contributed by atoms with E-state index in [0.717, 1.165) is 25.0 Å². The van der Waals surface area contributed by atoms with Crippen LogP contribution in [0.1, 0.15) is 24.5 Å². The van der Waals surface area contributed by atoms with Crippen molar-refractivity contribution in [2.45, 2.75) is 32.5 Å². The van der Waals surface area contributed by atoms with E-state index in [0.29, 0.717) is 6.04 Å². The van der Waals surface area contributed by atoms with Crippen molar-refractivity contribution in [3.05, 3.63) is 53.9 Å². The fraction of sp³-hybridized carbons (Fsp3) is 0.412. The molecular weight excluding hydrogens is 274 g/mol. The summed E-state index contributed by atoms with van der Waals surface area (Å²) < 4.78 is 1.94. The molecule has 116 valence electrons. The van der Waals surface area contributed by atoms with Crippen LogP contribution in [0.5, 0.6) is 0 Å². The van der Waals surface area contributed by atoms with E-state index < -0.39 is 0 Å². The molecule has 1 aromatic carbocycles. The fourth-order valence-corrected chi connectivity index (χ4v) is 2.53. The highest BCUT2D eigenvalue weighted by molar-refractivity contribution is 5.80. The van der Waals surface area contributed by atoms with E-state index in [1.165, 1.54) is 17.5 Å². The lowest BCUT2D eigenvalue weighted by Gasteiger charge is -2.14. The van der Waals surface area contributed by atoms with E-state index in [1.54, 1.807) is 0 Å². The van der Waals surface area contributed by atoms with Crippen LogP contribution >= 0.6 is 0 Å². The summed E-state index contributed by atoms with van der Waals surface area (Å²) in [6.07, 6.45) is 5.03. The fourth-order valence-electron chi connectivity index (χ4n) is 2.53. The lowest BCUT2D eigenvalue weighted by Crippen LogP contribution is -2.38. The smallest absolute Gasteiger partial charge is 0.191 e. The number of aliphatic imine (C=N–C) groups is 1. The number of nitrogens with zero attached hydrogens (tertiary/aromatic N) is 3. The van der Waals surface area contributed by atoms with Crippen LogP contribution < -0.4 is 10.6 Å². The average Bonchev–Trinajstić information content (AvgIpc) is 3.00. The molecule has 5 heteroatoms. The average molecular weight is 297 g/mol. The molecule has 1 saturated carbocycles. The number of guanidine groups is 1. The Bertz CT molecular complexity index is 632. The van der Waals surface area contributed by atoms with Crippen LogP contribution in [0.3, 0.4) is 0 Å². The van der Waals surface area contributed by atoms with Gasteiger partial charge in [-0.1, -0.05) is 31.2 Å². The number of aromatic nitrogens is 2. The molecule has 1 fully saturated rings. The van der Waals surface area contributed by atoms with Gasteiger partial charge in [0.2, 0.25) is 0 Å². The minimum atomic E-state index is 0.575. The zero-order chi connectivity index (χ0) is 15.4. The van der Waals surface area contributed by atoms with E-state index in [1.807, 2.05) is 30.2 Å². The van der Waals surface area contributed by atoms with Crippen molar-refractivity contribution in [1.29, 1.82) is 0 Å². The maximum Gasteiger partial charge on any atom is 0.191 e. The normalized spacial score (nSPS) is 20.7. The molecule has 1 aliphatic rings. The molecule has 2 aromatic rings. The molecule has 2 N–H and O–H groups in total. The number of hydrogen-bond acceptors (Lipinski definition) is 2. The molecule has 2 unspecified atom stereocenters. The molecule has 0 saturated heterocycles. The third-order valence-electron chi connectivity index (χ3n) is 4.11. The predicted molar refractivity (Wildman–Crippen MR) is 88.7 cm³/mol. The first-order chi connectivity index (χ1) is 10.8. The molecule has 22 heavy (non-hydrogen) atoms. The minimum absolute atomic E-state index is 0.575. The third kappa shape index (κ3) is 3.67. The molecule has 3 rings (SSSR count). The van der Waals surface area contributed by atoms with Gasteiger partial charge >= 0.3 is 0 Å². The topological polar surface area (TPSA) is 54.2 Å². The molecule has 1 aliphatic carbocycles. The van der Waals surface area contributed by atoms with Gasteiger partial charge in [0.05, 0.1) is 6.54 Å². The van der Waals surface area contributed by atoms with E-state index in [-0.39, 0.29) is 0 Å². The Morgan fingerprint density at radius 2 is 2.09 bits per heavy atom. The SMILES string of the molecule is CN=C(NCc1ccccc1Cn1cccn1)NC1CC1C. The first kappa shape index (κ1) is 14.6. The van der Waals surface area contributed by atoms with E-state index in [9.17, 15) is 0 Å². The van der Waals surface area contributed by atoms with E-state index >= 15 is 0 Å². The van der Waals surface area contributed by atoms with Gasteiger partial charge in [0.15, 0.2) is 5.96 Å². The molecule has 5 nitrogen and oxygen atoms in total. The van der Waals surface area contributed by atoms with Crippen LogP contribution in [0.2, 0.25) is 0 Å². The molecule has 0 spiro atoms. The van der Waals surface area contributed by atoms with Crippen molar-refractivity contribution in [1.82, 2.24) is 20.4 Å². The first-order valence-electron chi connectivity index (χ1n) is 7.77. The van der Waals surface area contributed by atoms with Crippen LogP contribution in [0.15, 0.2) is 47.7 Å². The number of rotatable bonds is 5. The van der Waals surface area contributed by atoms with Gasteiger partial charge < -0.3 is 10.6 Å². The van der Waals surface area contributed by atoms with Crippen LogP contribution in [-0.4, -0.2) is 28.8 Å². The van der Waals surface area contributed by atoms with Gasteiger partial charge in [0.1, 0.15) is 0 Å². The van der Waals surface area contributed by atoms with Crippen molar-refractivity contribution < 1.29 is 0 Å². The standard InChI is InChI=1S/C17H23N5/c1-13-10-16(13)21-17(18-2)19-11-14-6-3-4-7-15(14)12-22-9-5-8-20-22/h3-9,13,16H,10-12H2,1-2H3,(H2,18,19,21). The van der Waals surface area contributed by atoms with Crippen LogP contribution in [0.4, 0.5) is 0 Å². The van der Waals surface area contributed by atoms with Gasteiger partial charge in [-0.25, -0.2) is 0 Å². The highest BCUT2D eigenvalue weighted by Crippen LogP contribution is 2.28. The second-order valence-electron chi connectivity index (χ2n) is 5.86. The summed E-state index contributed by atoms with van der Waals surface area (Å²) in [5.74, 6) is 1.63. The molecule has 1 heterocycles. The van der Waals surface area contributed by atoms with Crippen molar-refractivity contribution in [3.8, 4) is 0 Å². The first-order valence-corrected chi connectivity index (χ1v) is 7.77. The predicted octanol–water partition coefficient (Wildman–Crippen LogP) is 2.00. The van der Waals surface area contributed by atoms with Gasteiger partial charge in [-0.2, -0.15) is 5.10 Å². The lowest BCUT2D eigenvalue weighted by atomic mass is 10.1. The molecule has 0 aliphatic heterocycles. The second kappa shape index (κ2) is 6.64. The van der Waals surface area contributed by atoms with E-state index in [4.69, 9.17) is 0 Å². The Morgan fingerprint density at radius 1 is 1.32 bits per heavy atom. The monoisotopic (exact) mass is 297 g/mol. The van der Waals surface area contributed by atoms with E-state index in [2.05, 4.69) is 51.9 Å². The zero-order valence-corrected chi connectivity index (χ0v) is 13.2. The number of benzene rings is 1. The summed E-state index contributed by atoms with van der Waals surface area (Å²) in [5.41, 5.74) is 2.54. The van der Waals surface area contributed by atoms with Gasteiger partial charge in [0, 0.05) is 32.0 Å². The summed E-state index contributed by atoms with van der Waals surface area (Å²) in [5, 5.41) is 11.1. The Labute approximate surface area is 131 Å². The maximum absolute atomic E-state index is 4.30. The van der Waals surface area contributed by atoms with Gasteiger partial charge in [-0.3, -0.25) is 9.67 Å². The highest BCUT2D eigenvalue weighted by Gasteiger charge is 2.33. The molecule has 0 radical (unpaired) electrons. The molecule has 1 aromatic heterocycles. The number of hydrogen-bond donors (Lipinski definition) is 2. The van der Waals surface area contributed by atoms with Gasteiger partial charge in [-0.05, 0) is 29.5 Å². The highest BCUT2D eigenvalue weighted by atomic mass is 15.3. The van der Waals surface area contributed by atoms with Crippen molar-refractivity contribution in [2.75, 3.05) is 7.05 Å². The second-order valence-corrected chi connectivity index (χ2v) is 5.86. The summed E-state index contributed by atoms with van der Waals surface area (Å²) in [4.78, 5) is 4.30. The van der Waals surface area contributed by atoms with Crippen LogP contribution in [-0.2, 0) is 13.1 Å². The number of nitrogens with one attached hydrogen (secondary N) is 2. The third-order valence-corrected chi connectivity index (χ3v) is 4.11.